The van der Waals surface area contributed by atoms with E-state index in [9.17, 15) is 0 Å². The van der Waals surface area contributed by atoms with E-state index in [-0.39, 0.29) is 0 Å². The second kappa shape index (κ2) is 9.99. The lowest BCUT2D eigenvalue weighted by atomic mass is 10.0. The maximum Gasteiger partial charge on any atom is 0.162 e. The Labute approximate surface area is 268 Å². The Balaban J connectivity index is 1.10. The lowest BCUT2D eigenvalue weighted by molar-refractivity contribution is 0.668. The summed E-state index contributed by atoms with van der Waals surface area (Å²) >= 11 is 0. The normalized spacial score (nSPS) is 11.8. The fourth-order valence-electron chi connectivity index (χ4n) is 6.76. The van der Waals surface area contributed by atoms with Gasteiger partial charge in [0, 0.05) is 45.6 Å². The van der Waals surface area contributed by atoms with Crippen LogP contribution in [0.25, 0.3) is 94.5 Å². The first-order valence-corrected chi connectivity index (χ1v) is 15.5. The summed E-state index contributed by atoms with van der Waals surface area (Å²) in [6.07, 6.45) is 3.69. The topological polar surface area (TPSA) is 69.9 Å². The summed E-state index contributed by atoms with van der Waals surface area (Å²) in [6, 6.07) is 45.3. The predicted molar refractivity (Wildman–Crippen MR) is 188 cm³/mol. The van der Waals surface area contributed by atoms with Gasteiger partial charge in [-0.1, -0.05) is 91.0 Å². The van der Waals surface area contributed by atoms with Crippen LogP contribution < -0.4 is 0 Å². The molecule has 10 aromatic rings. The van der Waals surface area contributed by atoms with Crippen molar-refractivity contribution >= 4 is 54.9 Å². The molecule has 10 rings (SSSR count). The monoisotopic (exact) mass is 604 g/mol. The number of para-hydroxylation sites is 5. The standard InChI is InChI=1S/C41H24N4O2/c1-2-10-25(11-3-1)28-13-8-14-31-32-15-9-16-33(39(32)47-38(28)31)40-42-23-26(24-43-40)41-44-34-17-5-6-18-35(34)45(41)27-20-21-30-29-12-4-7-19-36(29)46-37(30)22-27/h1-24H. The molecule has 0 N–H and O–H groups in total. The van der Waals surface area contributed by atoms with Gasteiger partial charge in [-0.25, -0.2) is 15.0 Å². The van der Waals surface area contributed by atoms with Crippen molar-refractivity contribution in [1.82, 2.24) is 19.5 Å². The molecule has 0 aliphatic carbocycles. The molecule has 0 spiro atoms. The minimum atomic E-state index is 0.589. The molecule has 0 unspecified atom stereocenters. The lowest BCUT2D eigenvalue weighted by Crippen LogP contribution is -1.99. The molecule has 0 saturated carbocycles. The SMILES string of the molecule is c1ccc(-c2cccc3c2oc2c(-c4ncc(-c5nc6ccccc6n5-c5ccc6c(c5)oc5ccccc56)cn4)cccc23)cc1. The summed E-state index contributed by atoms with van der Waals surface area (Å²) in [5.41, 5.74) is 9.96. The van der Waals surface area contributed by atoms with Crippen LogP contribution in [0.2, 0.25) is 0 Å². The Kier molecular flexibility index (Phi) is 5.48. The molecule has 0 atom stereocenters. The van der Waals surface area contributed by atoms with Crippen molar-refractivity contribution in [2.75, 3.05) is 0 Å². The Bertz CT molecular complexity index is 2790. The van der Waals surface area contributed by atoms with Gasteiger partial charge in [0.25, 0.3) is 0 Å². The largest absolute Gasteiger partial charge is 0.456 e. The Morgan fingerprint density at radius 1 is 0.489 bits per heavy atom. The highest BCUT2D eigenvalue weighted by Gasteiger charge is 2.19. The summed E-state index contributed by atoms with van der Waals surface area (Å²) in [5, 5.41) is 4.28. The number of aromatic nitrogens is 4. The molecule has 0 amide bonds. The zero-order valence-electron chi connectivity index (χ0n) is 25.0. The van der Waals surface area contributed by atoms with Gasteiger partial charge in [0.2, 0.25) is 0 Å². The van der Waals surface area contributed by atoms with Crippen molar-refractivity contribution < 1.29 is 8.83 Å². The quantitative estimate of drug-likeness (QED) is 0.200. The van der Waals surface area contributed by atoms with Crippen LogP contribution in [0.15, 0.2) is 155 Å². The van der Waals surface area contributed by atoms with Gasteiger partial charge in [-0.15, -0.1) is 0 Å². The molecule has 4 heterocycles. The van der Waals surface area contributed by atoms with Crippen LogP contribution in [-0.2, 0) is 0 Å². The summed E-state index contributed by atoms with van der Waals surface area (Å²) in [7, 11) is 0. The number of nitrogens with zero attached hydrogens (tertiary/aromatic N) is 4. The van der Waals surface area contributed by atoms with E-state index >= 15 is 0 Å². The summed E-state index contributed by atoms with van der Waals surface area (Å²) < 4.78 is 15.0. The van der Waals surface area contributed by atoms with Gasteiger partial charge in [0.15, 0.2) is 5.82 Å². The van der Waals surface area contributed by atoms with E-state index in [0.717, 1.165) is 88.7 Å². The fraction of sp³-hybridized carbons (Fsp3) is 0. The number of benzene rings is 6. The van der Waals surface area contributed by atoms with E-state index in [1.165, 1.54) is 0 Å². The molecule has 6 heteroatoms. The molecule has 6 nitrogen and oxygen atoms in total. The van der Waals surface area contributed by atoms with Gasteiger partial charge in [-0.3, -0.25) is 4.57 Å². The fourth-order valence-corrected chi connectivity index (χ4v) is 6.76. The van der Waals surface area contributed by atoms with Gasteiger partial charge in [0.1, 0.15) is 28.2 Å². The summed E-state index contributed by atoms with van der Waals surface area (Å²) in [5.74, 6) is 1.34. The minimum absolute atomic E-state index is 0.589. The second-order valence-electron chi connectivity index (χ2n) is 11.7. The van der Waals surface area contributed by atoms with E-state index in [0.29, 0.717) is 5.82 Å². The average Bonchev–Trinajstić information content (AvgIpc) is 3.83. The number of fused-ring (bicyclic) bond motifs is 7. The maximum absolute atomic E-state index is 6.61. The number of hydrogen-bond donors (Lipinski definition) is 0. The van der Waals surface area contributed by atoms with E-state index in [4.69, 9.17) is 23.8 Å². The molecular formula is C41H24N4O2. The van der Waals surface area contributed by atoms with E-state index in [2.05, 4.69) is 71.3 Å². The van der Waals surface area contributed by atoms with Crippen molar-refractivity contribution in [2.45, 2.75) is 0 Å². The smallest absolute Gasteiger partial charge is 0.162 e. The van der Waals surface area contributed by atoms with Crippen LogP contribution in [0, 0.1) is 0 Å². The molecule has 6 aromatic carbocycles. The van der Waals surface area contributed by atoms with Gasteiger partial charge < -0.3 is 8.83 Å². The first-order chi connectivity index (χ1) is 23.3. The number of imidazole rings is 1. The molecule has 0 aliphatic rings. The third-order valence-corrected chi connectivity index (χ3v) is 8.94. The Hall–Kier alpha value is -6.53. The minimum Gasteiger partial charge on any atom is -0.456 e. The van der Waals surface area contributed by atoms with Crippen LogP contribution in [0.4, 0.5) is 0 Å². The maximum atomic E-state index is 6.61. The Morgan fingerprint density at radius 3 is 2.02 bits per heavy atom. The second-order valence-corrected chi connectivity index (χ2v) is 11.7. The molecule has 47 heavy (non-hydrogen) atoms. The van der Waals surface area contributed by atoms with Crippen LogP contribution in [0.3, 0.4) is 0 Å². The summed E-state index contributed by atoms with van der Waals surface area (Å²) in [6.45, 7) is 0. The van der Waals surface area contributed by atoms with Crippen LogP contribution in [0.5, 0.6) is 0 Å². The summed E-state index contributed by atoms with van der Waals surface area (Å²) in [4.78, 5) is 14.8. The first kappa shape index (κ1) is 25.8. The van der Waals surface area contributed by atoms with Crippen molar-refractivity contribution in [3.63, 3.8) is 0 Å². The third kappa shape index (κ3) is 3.95. The highest BCUT2D eigenvalue weighted by molar-refractivity contribution is 6.12. The molecule has 0 saturated heterocycles. The van der Waals surface area contributed by atoms with Gasteiger partial charge in [0.05, 0.1) is 27.8 Å². The third-order valence-electron chi connectivity index (χ3n) is 8.94. The van der Waals surface area contributed by atoms with E-state index in [1.807, 2.05) is 79.1 Å². The average molecular weight is 605 g/mol. The Morgan fingerprint density at radius 2 is 1.17 bits per heavy atom. The number of hydrogen-bond acceptors (Lipinski definition) is 5. The zero-order chi connectivity index (χ0) is 30.9. The number of rotatable bonds is 4. The molecule has 0 fully saturated rings. The van der Waals surface area contributed by atoms with Crippen molar-refractivity contribution in [1.29, 1.82) is 0 Å². The molecule has 0 radical (unpaired) electrons. The lowest BCUT2D eigenvalue weighted by Gasteiger charge is -2.10. The molecule has 220 valence electrons. The highest BCUT2D eigenvalue weighted by atomic mass is 16.3. The van der Waals surface area contributed by atoms with Crippen LogP contribution in [-0.4, -0.2) is 19.5 Å². The van der Waals surface area contributed by atoms with E-state index < -0.39 is 0 Å². The van der Waals surface area contributed by atoms with Crippen molar-refractivity contribution in [2.24, 2.45) is 0 Å². The van der Waals surface area contributed by atoms with Crippen LogP contribution in [0.1, 0.15) is 0 Å². The molecule has 4 aromatic heterocycles. The number of furan rings is 2. The molecule has 0 bridgehead atoms. The molecular weight excluding hydrogens is 580 g/mol. The van der Waals surface area contributed by atoms with E-state index in [1.54, 1.807) is 0 Å². The van der Waals surface area contributed by atoms with Gasteiger partial charge in [-0.05, 0) is 42.0 Å². The zero-order valence-corrected chi connectivity index (χ0v) is 25.0. The predicted octanol–water partition coefficient (Wildman–Crippen LogP) is 10.6. The molecule has 0 aliphatic heterocycles. The first-order valence-electron chi connectivity index (χ1n) is 15.5. The van der Waals surface area contributed by atoms with Crippen molar-refractivity contribution in [3.8, 4) is 39.6 Å². The van der Waals surface area contributed by atoms with Gasteiger partial charge in [-0.2, -0.15) is 0 Å². The highest BCUT2D eigenvalue weighted by Crippen LogP contribution is 2.39. The van der Waals surface area contributed by atoms with Crippen molar-refractivity contribution in [3.05, 3.63) is 146 Å². The van der Waals surface area contributed by atoms with Gasteiger partial charge >= 0.3 is 0 Å². The van der Waals surface area contributed by atoms with Crippen LogP contribution >= 0.6 is 0 Å².